The molecule has 0 aliphatic carbocycles. The van der Waals surface area contributed by atoms with E-state index in [1.54, 1.807) is 25.5 Å². The maximum atomic E-state index is 15.9. The molecule has 0 bridgehead atoms. The van der Waals surface area contributed by atoms with Crippen LogP contribution in [0.25, 0.3) is 55.2 Å². The SMILES string of the molecule is CC(=O)c1ccc(-c2cccc3[nH]c(-c4n[nH]c5cnc(-c6cncc(N(C)C)c6)c(F)c45)nc23)s1. The number of aromatic nitrogens is 6. The topological polar surface area (TPSA) is 103 Å². The lowest BCUT2D eigenvalue weighted by Gasteiger charge is -2.13. The predicted octanol–water partition coefficient (Wildman–Crippen LogP) is 5.70. The van der Waals surface area contributed by atoms with Gasteiger partial charge in [-0.25, -0.2) is 9.37 Å². The fourth-order valence-electron chi connectivity index (χ4n) is 4.16. The highest BCUT2D eigenvalue weighted by molar-refractivity contribution is 7.17. The number of hydrogen-bond acceptors (Lipinski definition) is 7. The molecule has 0 aliphatic rings. The normalized spacial score (nSPS) is 11.4. The van der Waals surface area contributed by atoms with Gasteiger partial charge in [-0.2, -0.15) is 5.10 Å². The number of ketones is 1. The first-order valence-corrected chi connectivity index (χ1v) is 12.0. The van der Waals surface area contributed by atoms with Crippen LogP contribution in [-0.2, 0) is 0 Å². The van der Waals surface area contributed by atoms with Crippen LogP contribution >= 0.6 is 11.3 Å². The number of rotatable bonds is 5. The zero-order valence-electron chi connectivity index (χ0n) is 19.6. The highest BCUT2D eigenvalue weighted by atomic mass is 32.1. The Morgan fingerprint density at radius 1 is 1.06 bits per heavy atom. The van der Waals surface area contributed by atoms with Gasteiger partial charge in [0.05, 0.1) is 44.9 Å². The molecule has 0 saturated heterocycles. The van der Waals surface area contributed by atoms with Crippen LogP contribution in [0.4, 0.5) is 10.1 Å². The van der Waals surface area contributed by atoms with Crippen molar-refractivity contribution in [1.82, 2.24) is 30.1 Å². The van der Waals surface area contributed by atoms with Crippen LogP contribution in [0.3, 0.4) is 0 Å². The Balaban J connectivity index is 1.50. The lowest BCUT2D eigenvalue weighted by atomic mass is 10.1. The standard InChI is InChI=1S/C26H20FN7OS/c1-13(35)19-7-8-20(36-19)16-5-4-6-17-24(16)31-26(30-17)25-21-18(32-33-25)12-29-23(22(21)27)14-9-15(34(2)3)11-28-10-14/h4-12H,1-3H3,(H,30,31)(H,32,33). The largest absolute Gasteiger partial charge is 0.376 e. The van der Waals surface area contributed by atoms with Gasteiger partial charge in [-0.1, -0.05) is 12.1 Å². The predicted molar refractivity (Wildman–Crippen MR) is 140 cm³/mol. The first-order chi connectivity index (χ1) is 17.4. The van der Waals surface area contributed by atoms with Crippen molar-refractivity contribution in [2.24, 2.45) is 0 Å². The second kappa shape index (κ2) is 8.35. The third kappa shape index (κ3) is 3.54. The maximum Gasteiger partial charge on any atom is 0.169 e. The number of aromatic amines is 2. The van der Waals surface area contributed by atoms with Crippen LogP contribution < -0.4 is 4.90 Å². The fraction of sp³-hybridized carbons (Fsp3) is 0.115. The first kappa shape index (κ1) is 22.1. The van der Waals surface area contributed by atoms with Crippen LogP contribution in [0.15, 0.2) is 55.0 Å². The maximum absolute atomic E-state index is 15.9. The van der Waals surface area contributed by atoms with Gasteiger partial charge in [0.25, 0.3) is 0 Å². The summed E-state index contributed by atoms with van der Waals surface area (Å²) in [5.74, 6) is -0.0439. The van der Waals surface area contributed by atoms with Crippen LogP contribution in [0.5, 0.6) is 0 Å². The minimum absolute atomic E-state index is 0.0235. The third-order valence-corrected chi connectivity index (χ3v) is 7.23. The molecule has 0 atom stereocenters. The minimum atomic E-state index is -0.501. The smallest absolute Gasteiger partial charge is 0.169 e. The van der Waals surface area contributed by atoms with E-state index in [1.165, 1.54) is 11.3 Å². The van der Waals surface area contributed by atoms with Crippen molar-refractivity contribution in [2.75, 3.05) is 19.0 Å². The zero-order valence-corrected chi connectivity index (χ0v) is 20.4. The number of nitrogens with one attached hydrogen (secondary N) is 2. The number of pyridine rings is 2. The van der Waals surface area contributed by atoms with Crippen molar-refractivity contribution in [1.29, 1.82) is 0 Å². The summed E-state index contributed by atoms with van der Waals surface area (Å²) in [5, 5.41) is 7.53. The van der Waals surface area contributed by atoms with E-state index in [9.17, 15) is 4.79 Å². The van der Waals surface area contributed by atoms with E-state index < -0.39 is 5.82 Å². The Kier molecular flexibility index (Phi) is 5.11. The molecule has 0 radical (unpaired) electrons. The highest BCUT2D eigenvalue weighted by Crippen LogP contribution is 2.36. The molecule has 5 aromatic heterocycles. The van der Waals surface area contributed by atoms with Gasteiger partial charge in [-0.05, 0) is 31.2 Å². The van der Waals surface area contributed by atoms with Gasteiger partial charge in [0.15, 0.2) is 17.4 Å². The quantitative estimate of drug-likeness (QED) is 0.296. The lowest BCUT2D eigenvalue weighted by Crippen LogP contribution is -2.09. The fourth-order valence-corrected chi connectivity index (χ4v) is 5.09. The number of imidazole rings is 1. The summed E-state index contributed by atoms with van der Waals surface area (Å²) in [6.45, 7) is 1.55. The average Bonchev–Trinajstić information content (AvgIpc) is 3.61. The van der Waals surface area contributed by atoms with E-state index in [1.807, 2.05) is 55.4 Å². The van der Waals surface area contributed by atoms with Gasteiger partial charge in [-0.15, -0.1) is 11.3 Å². The number of hydrogen-bond donors (Lipinski definition) is 2. The number of Topliss-reactive ketones (excluding diaryl/α,β-unsaturated/α-hetero) is 1. The van der Waals surface area contributed by atoms with Crippen molar-refractivity contribution in [3.05, 3.63) is 65.7 Å². The van der Waals surface area contributed by atoms with E-state index in [2.05, 4.69) is 25.1 Å². The van der Waals surface area contributed by atoms with Crippen LogP contribution in [-0.4, -0.2) is 50.0 Å². The van der Waals surface area contributed by atoms with Crippen molar-refractivity contribution in [2.45, 2.75) is 6.92 Å². The molecular weight excluding hydrogens is 477 g/mol. The molecule has 6 aromatic rings. The second-order valence-corrected chi connectivity index (χ2v) is 9.70. The number of fused-ring (bicyclic) bond motifs is 2. The molecule has 0 unspecified atom stereocenters. The van der Waals surface area contributed by atoms with E-state index in [0.29, 0.717) is 32.9 Å². The molecule has 5 heterocycles. The number of halogens is 1. The van der Waals surface area contributed by atoms with Gasteiger partial charge in [0, 0.05) is 36.3 Å². The number of benzene rings is 1. The van der Waals surface area contributed by atoms with Crippen molar-refractivity contribution in [3.63, 3.8) is 0 Å². The van der Waals surface area contributed by atoms with Crippen LogP contribution in [0, 0.1) is 5.82 Å². The van der Waals surface area contributed by atoms with E-state index in [-0.39, 0.29) is 11.5 Å². The Morgan fingerprint density at radius 3 is 2.69 bits per heavy atom. The van der Waals surface area contributed by atoms with Crippen LogP contribution in [0.2, 0.25) is 0 Å². The van der Waals surface area contributed by atoms with Gasteiger partial charge < -0.3 is 9.88 Å². The lowest BCUT2D eigenvalue weighted by molar-refractivity contribution is 0.102. The minimum Gasteiger partial charge on any atom is -0.376 e. The van der Waals surface area contributed by atoms with Gasteiger partial charge in [0.2, 0.25) is 0 Å². The molecule has 0 spiro atoms. The van der Waals surface area contributed by atoms with Gasteiger partial charge in [-0.3, -0.25) is 19.9 Å². The molecule has 2 N–H and O–H groups in total. The summed E-state index contributed by atoms with van der Waals surface area (Å²) in [7, 11) is 3.80. The van der Waals surface area contributed by atoms with E-state index in [4.69, 9.17) is 4.98 Å². The molecule has 36 heavy (non-hydrogen) atoms. The first-order valence-electron chi connectivity index (χ1n) is 11.2. The van der Waals surface area contributed by atoms with Gasteiger partial charge >= 0.3 is 0 Å². The molecule has 10 heteroatoms. The Morgan fingerprint density at radius 2 is 1.92 bits per heavy atom. The number of nitrogens with zero attached hydrogens (tertiary/aromatic N) is 5. The summed E-state index contributed by atoms with van der Waals surface area (Å²) in [6, 6.07) is 11.4. The summed E-state index contributed by atoms with van der Waals surface area (Å²) in [6.07, 6.45) is 4.87. The Labute approximate surface area is 208 Å². The summed E-state index contributed by atoms with van der Waals surface area (Å²) in [5.41, 5.74) is 4.82. The summed E-state index contributed by atoms with van der Waals surface area (Å²) < 4.78 is 15.9. The summed E-state index contributed by atoms with van der Waals surface area (Å²) in [4.78, 5) is 31.9. The molecule has 0 amide bonds. The number of H-pyrrole nitrogens is 2. The highest BCUT2D eigenvalue weighted by Gasteiger charge is 2.21. The van der Waals surface area contributed by atoms with Gasteiger partial charge in [0.1, 0.15) is 11.4 Å². The van der Waals surface area contributed by atoms with Crippen LogP contribution in [0.1, 0.15) is 16.6 Å². The zero-order chi connectivity index (χ0) is 25.0. The molecular formula is C26H20FN7OS. The number of thiophene rings is 1. The number of anilines is 1. The van der Waals surface area contributed by atoms with E-state index in [0.717, 1.165) is 27.2 Å². The average molecular weight is 498 g/mol. The molecule has 0 fully saturated rings. The molecule has 6 rings (SSSR count). The van der Waals surface area contributed by atoms with Crippen molar-refractivity contribution in [3.8, 4) is 33.2 Å². The molecule has 8 nitrogen and oxygen atoms in total. The number of para-hydroxylation sites is 1. The number of carbonyl (C=O) groups excluding carboxylic acids is 1. The Hall–Kier alpha value is -4.44. The second-order valence-electron chi connectivity index (χ2n) is 8.62. The van der Waals surface area contributed by atoms with Crippen molar-refractivity contribution < 1.29 is 9.18 Å². The number of carbonyl (C=O) groups is 1. The molecule has 0 saturated carbocycles. The third-order valence-electron chi connectivity index (χ3n) is 6.01. The molecule has 0 aliphatic heterocycles. The Bertz CT molecular complexity index is 1780. The molecule has 178 valence electrons. The van der Waals surface area contributed by atoms with Crippen molar-refractivity contribution >= 4 is 44.7 Å². The summed E-state index contributed by atoms with van der Waals surface area (Å²) >= 11 is 1.42. The monoisotopic (exact) mass is 497 g/mol. The molecule has 1 aromatic carbocycles. The van der Waals surface area contributed by atoms with E-state index >= 15 is 4.39 Å².